The molecular formula is C70H135N2O6P. The van der Waals surface area contributed by atoms with E-state index in [4.69, 9.17) is 9.05 Å². The van der Waals surface area contributed by atoms with Crippen LogP contribution in [0.2, 0.25) is 0 Å². The summed E-state index contributed by atoms with van der Waals surface area (Å²) in [5.74, 6) is -0.205. The number of aliphatic hydroxyl groups excluding tert-OH is 1. The summed E-state index contributed by atoms with van der Waals surface area (Å²) in [6.45, 7) is 4.67. The predicted octanol–water partition coefficient (Wildman–Crippen LogP) is 21.2. The van der Waals surface area contributed by atoms with Crippen LogP contribution in [0.3, 0.4) is 0 Å². The Labute approximate surface area is 492 Å². The van der Waals surface area contributed by atoms with Crippen LogP contribution in [0.4, 0.5) is 0 Å². The van der Waals surface area contributed by atoms with E-state index < -0.39 is 26.6 Å². The maximum atomic E-state index is 13.0. The minimum Gasteiger partial charge on any atom is -0.756 e. The van der Waals surface area contributed by atoms with Gasteiger partial charge in [-0.2, -0.15) is 0 Å². The summed E-state index contributed by atoms with van der Waals surface area (Å²) in [4.78, 5) is 25.6. The summed E-state index contributed by atoms with van der Waals surface area (Å²) in [7, 11) is 1.25. The van der Waals surface area contributed by atoms with Crippen molar-refractivity contribution in [1.29, 1.82) is 0 Å². The van der Waals surface area contributed by atoms with E-state index in [9.17, 15) is 19.4 Å². The van der Waals surface area contributed by atoms with Gasteiger partial charge in [0.25, 0.3) is 7.82 Å². The molecule has 9 heteroatoms. The predicted molar refractivity (Wildman–Crippen MR) is 344 cm³/mol. The molecule has 0 spiro atoms. The van der Waals surface area contributed by atoms with Crippen LogP contribution in [0.25, 0.3) is 0 Å². The Morgan fingerprint density at radius 1 is 0.430 bits per heavy atom. The second-order valence-electron chi connectivity index (χ2n) is 24.9. The fraction of sp³-hybridized carbons (Fsp3) is 0.871. The molecule has 0 aliphatic carbocycles. The summed E-state index contributed by atoms with van der Waals surface area (Å²) in [6, 6.07) is -0.910. The third kappa shape index (κ3) is 63.9. The molecule has 0 aromatic carbocycles. The Morgan fingerprint density at radius 2 is 0.709 bits per heavy atom. The number of phosphoric ester groups is 1. The lowest BCUT2D eigenvalue weighted by Crippen LogP contribution is -2.45. The molecular weight excluding hydrogens is 996 g/mol. The van der Waals surface area contributed by atoms with Gasteiger partial charge in [0.1, 0.15) is 13.2 Å². The number of carbonyl (C=O) groups is 1. The summed E-state index contributed by atoms with van der Waals surface area (Å²) in [5, 5.41) is 13.9. The van der Waals surface area contributed by atoms with Gasteiger partial charge in [0.2, 0.25) is 5.91 Å². The van der Waals surface area contributed by atoms with E-state index in [0.717, 1.165) is 44.9 Å². The van der Waals surface area contributed by atoms with E-state index in [2.05, 4.69) is 55.6 Å². The Kier molecular flexibility index (Phi) is 59.8. The van der Waals surface area contributed by atoms with Gasteiger partial charge in [-0.15, -0.1) is 0 Å². The summed E-state index contributed by atoms with van der Waals surface area (Å²) >= 11 is 0. The number of rotatable bonds is 64. The van der Waals surface area contributed by atoms with Crippen molar-refractivity contribution in [3.8, 4) is 0 Å². The highest BCUT2D eigenvalue weighted by atomic mass is 31.2. The Hall–Kier alpha value is -1.54. The van der Waals surface area contributed by atoms with Crippen LogP contribution in [-0.2, 0) is 18.4 Å². The van der Waals surface area contributed by atoms with Crippen LogP contribution >= 0.6 is 7.82 Å². The molecule has 0 heterocycles. The van der Waals surface area contributed by atoms with E-state index in [1.807, 2.05) is 27.2 Å². The number of likely N-dealkylation sites (N-methyl/N-ethyl adjacent to an activating group) is 1. The lowest BCUT2D eigenvalue weighted by atomic mass is 10.0. The number of aliphatic hydroxyl groups is 1. The number of hydrogen-bond acceptors (Lipinski definition) is 6. The number of amides is 1. The highest BCUT2D eigenvalue weighted by Crippen LogP contribution is 2.38. The van der Waals surface area contributed by atoms with Gasteiger partial charge in [-0.1, -0.05) is 313 Å². The maximum absolute atomic E-state index is 13.0. The second kappa shape index (κ2) is 61.0. The number of allylic oxidation sites excluding steroid dienone is 7. The zero-order chi connectivity index (χ0) is 57.7. The molecule has 0 radical (unpaired) electrons. The highest BCUT2D eigenvalue weighted by Gasteiger charge is 2.23. The number of nitrogens with one attached hydrogen (secondary N) is 1. The first-order valence-corrected chi connectivity index (χ1v) is 36.0. The molecule has 0 aliphatic heterocycles. The van der Waals surface area contributed by atoms with Crippen LogP contribution in [-0.4, -0.2) is 68.5 Å². The highest BCUT2D eigenvalue weighted by molar-refractivity contribution is 7.45. The Balaban J connectivity index is 4.08. The standard InChI is InChI=1S/C70H135N2O6P/c1-6-8-10-12-14-16-18-20-22-24-26-28-30-32-33-34-35-36-37-38-39-40-42-44-46-48-50-52-54-56-58-60-62-64-70(74)71-68(67-78-79(75,76)77-66-65-72(3,4)5)69(73)63-61-59-57-55-53-51-49-47-45-43-41-31-29-27-25-23-21-19-17-15-13-11-9-7-2/h24,26,45,47,53,55,61,63,68-69,73H,6-23,25,27-44,46,48-52,54,56-60,62,64-67H2,1-5H3,(H-,71,74,75,76)/b26-24-,47-45+,55-53+,63-61+. The van der Waals surface area contributed by atoms with E-state index in [0.29, 0.717) is 17.4 Å². The molecule has 0 saturated carbocycles. The van der Waals surface area contributed by atoms with Crippen LogP contribution in [0, 0.1) is 0 Å². The van der Waals surface area contributed by atoms with Crippen molar-refractivity contribution in [2.75, 3.05) is 40.9 Å². The molecule has 79 heavy (non-hydrogen) atoms. The first kappa shape index (κ1) is 77.5. The molecule has 3 unspecified atom stereocenters. The number of phosphoric acid groups is 1. The number of unbranched alkanes of at least 4 members (excludes halogenated alkanes) is 45. The molecule has 1 amide bonds. The summed E-state index contributed by atoms with van der Waals surface area (Å²) in [6.07, 6.45) is 82.4. The largest absolute Gasteiger partial charge is 0.756 e. The zero-order valence-corrected chi connectivity index (χ0v) is 54.2. The van der Waals surface area contributed by atoms with Crippen molar-refractivity contribution in [3.63, 3.8) is 0 Å². The van der Waals surface area contributed by atoms with Gasteiger partial charge in [0.05, 0.1) is 39.9 Å². The third-order valence-corrected chi connectivity index (χ3v) is 16.7. The average Bonchev–Trinajstić information content (AvgIpc) is 3.42. The third-order valence-electron chi connectivity index (χ3n) is 15.7. The molecule has 0 aromatic heterocycles. The van der Waals surface area contributed by atoms with E-state index >= 15 is 0 Å². The molecule has 0 fully saturated rings. The molecule has 3 atom stereocenters. The van der Waals surface area contributed by atoms with Crippen LogP contribution in [0.15, 0.2) is 48.6 Å². The van der Waals surface area contributed by atoms with Gasteiger partial charge in [-0.3, -0.25) is 9.36 Å². The van der Waals surface area contributed by atoms with Gasteiger partial charge in [0, 0.05) is 6.42 Å². The van der Waals surface area contributed by atoms with Gasteiger partial charge in [-0.25, -0.2) is 0 Å². The van der Waals surface area contributed by atoms with Gasteiger partial charge in [-0.05, 0) is 70.6 Å². The van der Waals surface area contributed by atoms with E-state index in [-0.39, 0.29) is 12.5 Å². The molecule has 0 saturated heterocycles. The van der Waals surface area contributed by atoms with Crippen molar-refractivity contribution < 1.29 is 32.9 Å². The van der Waals surface area contributed by atoms with Crippen molar-refractivity contribution in [3.05, 3.63) is 48.6 Å². The number of hydrogen-bond donors (Lipinski definition) is 2. The quantitative estimate of drug-likeness (QED) is 0.0272. The van der Waals surface area contributed by atoms with Crippen LogP contribution in [0.5, 0.6) is 0 Å². The fourth-order valence-corrected chi connectivity index (χ4v) is 11.1. The summed E-state index contributed by atoms with van der Waals surface area (Å²) in [5.41, 5.74) is 0. The smallest absolute Gasteiger partial charge is 0.268 e. The lowest BCUT2D eigenvalue weighted by Gasteiger charge is -2.29. The van der Waals surface area contributed by atoms with E-state index in [1.165, 1.54) is 276 Å². The second-order valence-corrected chi connectivity index (χ2v) is 26.3. The normalized spacial score (nSPS) is 14.0. The van der Waals surface area contributed by atoms with Crippen molar-refractivity contribution >= 4 is 13.7 Å². The Morgan fingerprint density at radius 3 is 1.03 bits per heavy atom. The van der Waals surface area contributed by atoms with E-state index in [1.54, 1.807) is 6.08 Å². The first-order chi connectivity index (χ1) is 38.5. The fourth-order valence-electron chi connectivity index (χ4n) is 10.4. The van der Waals surface area contributed by atoms with Gasteiger partial charge < -0.3 is 28.8 Å². The number of carbonyl (C=O) groups excluding carboxylic acids is 1. The molecule has 0 rings (SSSR count). The summed E-state index contributed by atoms with van der Waals surface area (Å²) < 4.78 is 23.4. The molecule has 8 nitrogen and oxygen atoms in total. The van der Waals surface area contributed by atoms with Crippen LogP contribution < -0.4 is 10.2 Å². The average molecular weight is 1130 g/mol. The first-order valence-electron chi connectivity index (χ1n) is 34.5. The molecule has 2 N–H and O–H groups in total. The molecule has 0 aliphatic rings. The van der Waals surface area contributed by atoms with Gasteiger partial charge in [0.15, 0.2) is 0 Å². The minimum absolute atomic E-state index is 0.00806. The number of quaternary nitrogens is 1. The monoisotopic (exact) mass is 1130 g/mol. The van der Waals surface area contributed by atoms with Gasteiger partial charge >= 0.3 is 0 Å². The van der Waals surface area contributed by atoms with Crippen LogP contribution in [0.1, 0.15) is 341 Å². The lowest BCUT2D eigenvalue weighted by molar-refractivity contribution is -0.870. The van der Waals surface area contributed by atoms with Crippen molar-refractivity contribution in [2.45, 2.75) is 353 Å². The Bertz CT molecular complexity index is 1430. The molecule has 466 valence electrons. The molecule has 0 aromatic rings. The topological polar surface area (TPSA) is 108 Å². The van der Waals surface area contributed by atoms with Crippen molar-refractivity contribution in [1.82, 2.24) is 5.32 Å². The minimum atomic E-state index is -4.61. The molecule has 0 bridgehead atoms. The SMILES string of the molecule is CCCCCCCCCC/C=C\CCCCCCCCCCCCCCCCCCCCCCCC(=O)NC(COP(=O)([O-])OCC[N+](C)(C)C)C(O)/C=C/CC/C=C/CC/C=C/CCCCCCCCCCCCCCCC. The maximum Gasteiger partial charge on any atom is 0.268 e. The zero-order valence-electron chi connectivity index (χ0n) is 53.3. The number of nitrogens with zero attached hydrogens (tertiary/aromatic N) is 1. The van der Waals surface area contributed by atoms with Crippen molar-refractivity contribution in [2.24, 2.45) is 0 Å².